The highest BCUT2D eigenvalue weighted by molar-refractivity contribution is 8.13. The Balaban J connectivity index is 1.77. The number of ether oxygens (including phenoxy) is 1. The van der Waals surface area contributed by atoms with Crippen molar-refractivity contribution in [3.05, 3.63) is 64.1 Å². The SMILES string of the molecule is Clc1ccc(Cl)c(N=C(CN2CCOCC2)SCc2ccccc2)c1. The highest BCUT2D eigenvalue weighted by Crippen LogP contribution is 2.30. The van der Waals surface area contributed by atoms with Gasteiger partial charge in [0.05, 0.1) is 29.0 Å². The number of benzene rings is 2. The molecule has 0 aromatic heterocycles. The zero-order valence-electron chi connectivity index (χ0n) is 13.8. The van der Waals surface area contributed by atoms with Gasteiger partial charge < -0.3 is 4.74 Å². The molecule has 0 spiro atoms. The van der Waals surface area contributed by atoms with Gasteiger partial charge in [-0.15, -0.1) is 11.8 Å². The molecule has 0 atom stereocenters. The van der Waals surface area contributed by atoms with E-state index in [0.717, 1.165) is 49.3 Å². The number of hydrogen-bond donors (Lipinski definition) is 0. The van der Waals surface area contributed by atoms with Crippen LogP contribution in [0.1, 0.15) is 5.56 Å². The molecule has 132 valence electrons. The van der Waals surface area contributed by atoms with Crippen LogP contribution in [0.3, 0.4) is 0 Å². The summed E-state index contributed by atoms with van der Waals surface area (Å²) >= 11 is 14.1. The van der Waals surface area contributed by atoms with Crippen molar-refractivity contribution in [2.45, 2.75) is 5.75 Å². The lowest BCUT2D eigenvalue weighted by Gasteiger charge is -2.26. The number of aliphatic imine (C=N–C) groups is 1. The minimum atomic E-state index is 0.615. The van der Waals surface area contributed by atoms with Crippen LogP contribution in [0.15, 0.2) is 53.5 Å². The van der Waals surface area contributed by atoms with Crippen LogP contribution >= 0.6 is 35.0 Å². The van der Waals surface area contributed by atoms with E-state index in [9.17, 15) is 0 Å². The van der Waals surface area contributed by atoms with Crippen molar-refractivity contribution in [2.75, 3.05) is 32.8 Å². The fraction of sp³-hybridized carbons (Fsp3) is 0.316. The number of hydrogen-bond acceptors (Lipinski definition) is 4. The molecule has 3 rings (SSSR count). The van der Waals surface area contributed by atoms with Gasteiger partial charge in [-0.1, -0.05) is 53.5 Å². The van der Waals surface area contributed by atoms with Gasteiger partial charge in [-0.25, -0.2) is 4.99 Å². The standard InChI is InChI=1S/C19H20Cl2N2OS/c20-16-6-7-17(21)18(12-16)22-19(13-23-8-10-24-11-9-23)25-14-15-4-2-1-3-5-15/h1-7,12H,8-11,13-14H2. The maximum Gasteiger partial charge on any atom is 0.0883 e. The Labute approximate surface area is 163 Å². The number of rotatable bonds is 5. The zero-order chi connectivity index (χ0) is 17.5. The molecule has 1 saturated heterocycles. The molecule has 0 bridgehead atoms. The van der Waals surface area contributed by atoms with E-state index in [0.29, 0.717) is 10.0 Å². The van der Waals surface area contributed by atoms with E-state index < -0.39 is 0 Å². The molecule has 25 heavy (non-hydrogen) atoms. The van der Waals surface area contributed by atoms with Crippen molar-refractivity contribution in [1.29, 1.82) is 0 Å². The number of halogens is 2. The summed E-state index contributed by atoms with van der Waals surface area (Å²) in [5.41, 5.74) is 2.00. The van der Waals surface area contributed by atoms with Gasteiger partial charge in [0.1, 0.15) is 0 Å². The lowest BCUT2D eigenvalue weighted by molar-refractivity contribution is 0.0456. The van der Waals surface area contributed by atoms with Crippen LogP contribution in [0.25, 0.3) is 0 Å². The lowest BCUT2D eigenvalue weighted by Crippen LogP contribution is -2.39. The Morgan fingerprint density at radius 2 is 1.84 bits per heavy atom. The van der Waals surface area contributed by atoms with E-state index in [-0.39, 0.29) is 0 Å². The molecule has 0 N–H and O–H groups in total. The topological polar surface area (TPSA) is 24.8 Å². The predicted octanol–water partition coefficient (Wildman–Crippen LogP) is 5.29. The summed E-state index contributed by atoms with van der Waals surface area (Å²) in [6, 6.07) is 15.8. The van der Waals surface area contributed by atoms with Crippen LogP contribution in [0, 0.1) is 0 Å². The Morgan fingerprint density at radius 3 is 2.60 bits per heavy atom. The first-order chi connectivity index (χ1) is 12.2. The molecule has 0 amide bonds. The fourth-order valence-electron chi connectivity index (χ4n) is 2.51. The Morgan fingerprint density at radius 1 is 1.08 bits per heavy atom. The Bertz CT molecular complexity index is 719. The Kier molecular flexibility index (Phi) is 7.20. The highest BCUT2D eigenvalue weighted by atomic mass is 35.5. The molecule has 1 heterocycles. The van der Waals surface area contributed by atoms with Gasteiger partial charge >= 0.3 is 0 Å². The third-order valence-corrected chi connectivity index (χ3v) is 5.45. The van der Waals surface area contributed by atoms with E-state index in [1.54, 1.807) is 23.9 Å². The average Bonchev–Trinajstić information content (AvgIpc) is 2.64. The second kappa shape index (κ2) is 9.60. The van der Waals surface area contributed by atoms with Gasteiger partial charge in [-0.05, 0) is 23.8 Å². The molecule has 1 fully saturated rings. The monoisotopic (exact) mass is 394 g/mol. The van der Waals surface area contributed by atoms with Gasteiger partial charge in [0.2, 0.25) is 0 Å². The molecule has 2 aromatic carbocycles. The van der Waals surface area contributed by atoms with Gasteiger partial charge in [-0.3, -0.25) is 4.90 Å². The maximum atomic E-state index is 6.29. The quantitative estimate of drug-likeness (QED) is 0.508. The van der Waals surface area contributed by atoms with E-state index in [1.165, 1.54) is 5.56 Å². The van der Waals surface area contributed by atoms with Gasteiger partial charge in [0.15, 0.2) is 0 Å². The van der Waals surface area contributed by atoms with Crippen LogP contribution < -0.4 is 0 Å². The van der Waals surface area contributed by atoms with Gasteiger partial charge in [0, 0.05) is 30.4 Å². The van der Waals surface area contributed by atoms with Gasteiger partial charge in [0.25, 0.3) is 0 Å². The predicted molar refractivity (Wildman–Crippen MR) is 109 cm³/mol. The molecule has 0 unspecified atom stereocenters. The summed E-state index contributed by atoms with van der Waals surface area (Å²) in [5.74, 6) is 0.877. The zero-order valence-corrected chi connectivity index (χ0v) is 16.2. The largest absolute Gasteiger partial charge is 0.379 e. The summed E-state index contributed by atoms with van der Waals surface area (Å²) < 4.78 is 5.44. The van der Waals surface area contributed by atoms with Crippen LogP contribution in [-0.4, -0.2) is 42.8 Å². The van der Waals surface area contributed by atoms with E-state index in [1.807, 2.05) is 12.1 Å². The summed E-state index contributed by atoms with van der Waals surface area (Å²) in [5, 5.41) is 2.29. The number of nitrogens with zero attached hydrogens (tertiary/aromatic N) is 2. The number of thioether (sulfide) groups is 1. The molecule has 0 saturated carbocycles. The maximum absolute atomic E-state index is 6.29. The molecule has 1 aliphatic rings. The first-order valence-electron chi connectivity index (χ1n) is 8.20. The van der Waals surface area contributed by atoms with E-state index in [2.05, 4.69) is 29.2 Å². The van der Waals surface area contributed by atoms with Crippen LogP contribution in [0.2, 0.25) is 10.0 Å². The van der Waals surface area contributed by atoms with Crippen molar-refractivity contribution in [1.82, 2.24) is 4.90 Å². The minimum absolute atomic E-state index is 0.615. The van der Waals surface area contributed by atoms with Crippen molar-refractivity contribution >= 4 is 45.7 Å². The van der Waals surface area contributed by atoms with Crippen molar-refractivity contribution in [3.8, 4) is 0 Å². The van der Waals surface area contributed by atoms with Gasteiger partial charge in [-0.2, -0.15) is 0 Å². The van der Waals surface area contributed by atoms with Crippen molar-refractivity contribution < 1.29 is 4.74 Å². The third-order valence-electron chi connectivity index (χ3n) is 3.86. The first kappa shape index (κ1) is 18.7. The first-order valence-corrected chi connectivity index (χ1v) is 9.94. The molecule has 1 aliphatic heterocycles. The highest BCUT2D eigenvalue weighted by Gasteiger charge is 2.14. The minimum Gasteiger partial charge on any atom is -0.379 e. The normalized spacial score (nSPS) is 16.2. The van der Waals surface area contributed by atoms with Crippen LogP contribution in [0.4, 0.5) is 5.69 Å². The molecular weight excluding hydrogens is 375 g/mol. The fourth-order valence-corrected chi connectivity index (χ4v) is 3.80. The van der Waals surface area contributed by atoms with Crippen molar-refractivity contribution in [3.63, 3.8) is 0 Å². The summed E-state index contributed by atoms with van der Waals surface area (Å²) in [6.45, 7) is 4.19. The molecular formula is C19H20Cl2N2OS. The third kappa shape index (κ3) is 6.01. The van der Waals surface area contributed by atoms with Crippen LogP contribution in [-0.2, 0) is 10.5 Å². The number of morpholine rings is 1. The van der Waals surface area contributed by atoms with E-state index in [4.69, 9.17) is 32.9 Å². The smallest absolute Gasteiger partial charge is 0.0883 e. The van der Waals surface area contributed by atoms with E-state index >= 15 is 0 Å². The second-order valence-electron chi connectivity index (χ2n) is 5.76. The molecule has 3 nitrogen and oxygen atoms in total. The summed E-state index contributed by atoms with van der Waals surface area (Å²) in [4.78, 5) is 7.17. The second-order valence-corrected chi connectivity index (χ2v) is 7.66. The molecule has 0 radical (unpaired) electrons. The molecule has 6 heteroatoms. The van der Waals surface area contributed by atoms with Crippen LogP contribution in [0.5, 0.6) is 0 Å². The lowest BCUT2D eigenvalue weighted by atomic mass is 10.2. The average molecular weight is 395 g/mol. The molecule has 0 aliphatic carbocycles. The summed E-state index contributed by atoms with van der Waals surface area (Å²) in [6.07, 6.45) is 0. The Hall–Kier alpha value is -1.04. The van der Waals surface area contributed by atoms with Crippen molar-refractivity contribution in [2.24, 2.45) is 4.99 Å². The molecule has 2 aromatic rings. The summed E-state index contributed by atoms with van der Waals surface area (Å²) in [7, 11) is 0.